The average Bonchev–Trinajstić information content (AvgIpc) is 2.45. The normalized spacial score (nSPS) is 12.1. The van der Waals surface area contributed by atoms with Crippen LogP contribution in [0.4, 0.5) is 4.39 Å². The predicted molar refractivity (Wildman–Crippen MR) is 47.7 cm³/mol. The highest BCUT2D eigenvalue weighted by Gasteiger charge is 2.12. The lowest BCUT2D eigenvalue weighted by Crippen LogP contribution is -2.11. The van der Waals surface area contributed by atoms with E-state index >= 15 is 0 Å². The summed E-state index contributed by atoms with van der Waals surface area (Å²) in [5, 5.41) is 7.01. The molecule has 1 heterocycles. The number of aromatic nitrogens is 3. The first-order valence-electron chi connectivity index (χ1n) is 3.70. The van der Waals surface area contributed by atoms with Crippen molar-refractivity contribution in [2.75, 3.05) is 6.26 Å². The molecule has 1 aromatic carbocycles. The van der Waals surface area contributed by atoms with Crippen molar-refractivity contribution in [1.82, 2.24) is 14.4 Å². The molecule has 0 spiro atoms. The van der Waals surface area contributed by atoms with Crippen LogP contribution in [0.3, 0.4) is 0 Å². The van der Waals surface area contributed by atoms with Crippen LogP contribution >= 0.6 is 0 Å². The Kier molecular flexibility index (Phi) is 1.78. The van der Waals surface area contributed by atoms with Gasteiger partial charge < -0.3 is 0 Å². The minimum absolute atomic E-state index is 0.146. The van der Waals surface area contributed by atoms with E-state index in [1.165, 1.54) is 12.1 Å². The Morgan fingerprint density at radius 1 is 1.43 bits per heavy atom. The first kappa shape index (κ1) is 9.07. The summed E-state index contributed by atoms with van der Waals surface area (Å²) in [6.45, 7) is 0. The van der Waals surface area contributed by atoms with Gasteiger partial charge in [-0.3, -0.25) is 0 Å². The zero-order valence-corrected chi connectivity index (χ0v) is 7.99. The van der Waals surface area contributed by atoms with Crippen molar-refractivity contribution in [1.29, 1.82) is 0 Å². The highest BCUT2D eigenvalue weighted by atomic mass is 32.2. The van der Waals surface area contributed by atoms with Crippen molar-refractivity contribution in [3.05, 3.63) is 24.0 Å². The third-order valence-corrected chi connectivity index (χ3v) is 2.59. The third-order valence-electron chi connectivity index (χ3n) is 1.69. The number of halogens is 1. The number of nitrogens with zero attached hydrogens (tertiary/aromatic N) is 3. The molecule has 1 aromatic heterocycles. The minimum Gasteiger partial charge on any atom is -0.207 e. The van der Waals surface area contributed by atoms with E-state index in [2.05, 4.69) is 10.3 Å². The van der Waals surface area contributed by atoms with Crippen molar-refractivity contribution in [2.24, 2.45) is 0 Å². The molecule has 14 heavy (non-hydrogen) atoms. The molecule has 2 aromatic rings. The maximum atomic E-state index is 12.8. The summed E-state index contributed by atoms with van der Waals surface area (Å²) in [5.74, 6) is -0.523. The van der Waals surface area contributed by atoms with E-state index in [9.17, 15) is 12.8 Å². The first-order chi connectivity index (χ1) is 6.48. The van der Waals surface area contributed by atoms with E-state index in [1.54, 1.807) is 0 Å². The van der Waals surface area contributed by atoms with Gasteiger partial charge in [0.1, 0.15) is 16.9 Å². The van der Waals surface area contributed by atoms with Crippen LogP contribution in [0.5, 0.6) is 0 Å². The van der Waals surface area contributed by atoms with Gasteiger partial charge in [-0.1, -0.05) is 5.21 Å². The van der Waals surface area contributed by atoms with Crippen LogP contribution in [0, 0.1) is 5.82 Å². The van der Waals surface area contributed by atoms with Gasteiger partial charge in [-0.2, -0.15) is 0 Å². The molecule has 0 aliphatic carbocycles. The van der Waals surface area contributed by atoms with Gasteiger partial charge in [-0.15, -0.1) is 9.19 Å². The second-order valence-corrected chi connectivity index (χ2v) is 4.64. The first-order valence-corrected chi connectivity index (χ1v) is 5.55. The number of hydrogen-bond donors (Lipinski definition) is 0. The van der Waals surface area contributed by atoms with Crippen molar-refractivity contribution < 1.29 is 12.8 Å². The monoisotopic (exact) mass is 215 g/mol. The van der Waals surface area contributed by atoms with Gasteiger partial charge in [0.25, 0.3) is 10.0 Å². The van der Waals surface area contributed by atoms with Crippen molar-refractivity contribution >= 4 is 21.1 Å². The fourth-order valence-corrected chi connectivity index (χ4v) is 1.79. The maximum absolute atomic E-state index is 12.8. The minimum atomic E-state index is -3.53. The van der Waals surface area contributed by atoms with Gasteiger partial charge >= 0.3 is 0 Å². The van der Waals surface area contributed by atoms with Gasteiger partial charge in [0.15, 0.2) is 0 Å². The lowest BCUT2D eigenvalue weighted by atomic mass is 10.3. The average molecular weight is 215 g/mol. The van der Waals surface area contributed by atoms with E-state index in [0.29, 0.717) is 9.60 Å². The smallest absolute Gasteiger partial charge is 0.207 e. The molecule has 0 aliphatic heterocycles. The molecule has 0 unspecified atom stereocenters. The van der Waals surface area contributed by atoms with E-state index in [0.717, 1.165) is 12.3 Å². The molecule has 0 bridgehead atoms. The predicted octanol–water partition coefficient (Wildman–Crippen LogP) is 0.378. The Bertz CT molecular complexity index is 590. The number of fused-ring (bicyclic) bond motifs is 1. The highest BCUT2D eigenvalue weighted by molar-refractivity contribution is 7.89. The topological polar surface area (TPSA) is 64.8 Å². The summed E-state index contributed by atoms with van der Waals surface area (Å²) in [5.41, 5.74) is 0.490. The van der Waals surface area contributed by atoms with Gasteiger partial charge in [0.2, 0.25) is 0 Å². The summed E-state index contributed by atoms with van der Waals surface area (Å²) in [6.07, 6.45) is 0.978. The van der Waals surface area contributed by atoms with Gasteiger partial charge in [-0.05, 0) is 12.1 Å². The number of benzene rings is 1. The quantitative estimate of drug-likeness (QED) is 0.689. The summed E-state index contributed by atoms with van der Waals surface area (Å²) in [7, 11) is -3.53. The summed E-state index contributed by atoms with van der Waals surface area (Å²) in [6, 6.07) is 3.65. The molecule has 0 atom stereocenters. The zero-order valence-electron chi connectivity index (χ0n) is 7.18. The van der Waals surface area contributed by atoms with Crippen LogP contribution in [0.25, 0.3) is 11.0 Å². The highest BCUT2D eigenvalue weighted by Crippen LogP contribution is 2.13. The van der Waals surface area contributed by atoms with E-state index in [1.807, 2.05) is 0 Å². The lowest BCUT2D eigenvalue weighted by Gasteiger charge is -1.96. The molecular weight excluding hydrogens is 209 g/mol. The third kappa shape index (κ3) is 1.35. The van der Waals surface area contributed by atoms with E-state index < -0.39 is 15.8 Å². The Morgan fingerprint density at radius 2 is 2.14 bits per heavy atom. The van der Waals surface area contributed by atoms with Gasteiger partial charge in [-0.25, -0.2) is 12.8 Å². The van der Waals surface area contributed by atoms with E-state index in [4.69, 9.17) is 0 Å². The van der Waals surface area contributed by atoms with Crippen molar-refractivity contribution in [2.45, 2.75) is 0 Å². The number of hydrogen-bond acceptors (Lipinski definition) is 4. The van der Waals surface area contributed by atoms with Crippen LogP contribution in [-0.2, 0) is 10.0 Å². The Balaban J connectivity index is 2.87. The molecule has 0 radical (unpaired) electrons. The lowest BCUT2D eigenvalue weighted by molar-refractivity contribution is 0.585. The van der Waals surface area contributed by atoms with Gasteiger partial charge in [0.05, 0.1) is 6.26 Å². The zero-order chi connectivity index (χ0) is 10.3. The molecule has 0 amide bonds. The maximum Gasteiger partial charge on any atom is 0.252 e. The standard InChI is InChI=1S/C7H6FN3O2S/c1-14(12,13)11-7-4-5(8)2-3-6(7)9-10-11/h2-4H,1H3. The Hall–Kier alpha value is -1.50. The molecule has 2 rings (SSSR count). The van der Waals surface area contributed by atoms with Crippen LogP contribution < -0.4 is 0 Å². The van der Waals surface area contributed by atoms with E-state index in [-0.39, 0.29) is 5.52 Å². The SMILES string of the molecule is CS(=O)(=O)n1nnc2ccc(F)cc21. The number of rotatable bonds is 1. The molecule has 5 nitrogen and oxygen atoms in total. The molecule has 74 valence electrons. The fourth-order valence-electron chi connectivity index (χ4n) is 1.12. The van der Waals surface area contributed by atoms with Gasteiger partial charge in [0, 0.05) is 6.07 Å². The summed E-state index contributed by atoms with van der Waals surface area (Å²) < 4.78 is 35.8. The molecule has 0 saturated heterocycles. The largest absolute Gasteiger partial charge is 0.252 e. The van der Waals surface area contributed by atoms with Crippen LogP contribution in [0.2, 0.25) is 0 Å². The summed E-state index contributed by atoms with van der Waals surface area (Å²) >= 11 is 0. The summed E-state index contributed by atoms with van der Waals surface area (Å²) in [4.78, 5) is 0. The Labute approximate surface area is 79.2 Å². The fraction of sp³-hybridized carbons (Fsp3) is 0.143. The van der Waals surface area contributed by atoms with Crippen molar-refractivity contribution in [3.8, 4) is 0 Å². The molecule has 0 aliphatic rings. The molecular formula is C7H6FN3O2S. The Morgan fingerprint density at radius 3 is 2.79 bits per heavy atom. The van der Waals surface area contributed by atoms with Crippen LogP contribution in [0.15, 0.2) is 18.2 Å². The molecule has 7 heteroatoms. The molecule has 0 N–H and O–H groups in total. The van der Waals surface area contributed by atoms with Crippen LogP contribution in [0.1, 0.15) is 0 Å². The molecule has 0 fully saturated rings. The van der Waals surface area contributed by atoms with Crippen molar-refractivity contribution in [3.63, 3.8) is 0 Å². The van der Waals surface area contributed by atoms with Crippen LogP contribution in [-0.4, -0.2) is 29.1 Å². The second kappa shape index (κ2) is 2.74. The second-order valence-electron chi connectivity index (χ2n) is 2.83. The molecule has 0 saturated carbocycles.